The van der Waals surface area contributed by atoms with Gasteiger partial charge in [-0.1, -0.05) is 12.1 Å². The molecular weight excluding hydrogens is 266 g/mol. The number of hydrogen-bond donors (Lipinski definition) is 0. The summed E-state index contributed by atoms with van der Waals surface area (Å²) in [6.07, 6.45) is 1.59. The summed E-state index contributed by atoms with van der Waals surface area (Å²) in [5, 5.41) is 18.1. The van der Waals surface area contributed by atoms with E-state index in [2.05, 4.69) is 38.5 Å². The second kappa shape index (κ2) is 6.01. The van der Waals surface area contributed by atoms with Crippen LogP contribution >= 0.6 is 0 Å². The summed E-state index contributed by atoms with van der Waals surface area (Å²) in [5.41, 5.74) is 3.03. The summed E-state index contributed by atoms with van der Waals surface area (Å²) >= 11 is 0. The number of aromatic nitrogens is 4. The molecule has 21 heavy (non-hydrogen) atoms. The molecule has 0 radical (unpaired) electrons. The molecule has 0 unspecified atom stereocenters. The molecule has 7 heteroatoms. The topological polar surface area (TPSA) is 62.4 Å². The molecule has 0 aliphatic carbocycles. The van der Waals surface area contributed by atoms with E-state index in [1.54, 1.807) is 11.0 Å². The first kappa shape index (κ1) is 13.7. The second-order valence-electron chi connectivity index (χ2n) is 5.25. The standard InChI is InChI=1S/C14H19N7/c1-12(16-20-8-6-19(2)7-9-20)13-4-3-5-14(10-13)21-11-15-17-18-21/h3-5,10-11H,6-9H2,1-2H3/b16-12+. The predicted molar refractivity (Wildman–Crippen MR) is 80.4 cm³/mol. The van der Waals surface area contributed by atoms with Crippen LogP contribution in [0.15, 0.2) is 35.7 Å². The molecule has 110 valence electrons. The van der Waals surface area contributed by atoms with Gasteiger partial charge in [0.1, 0.15) is 6.33 Å². The highest BCUT2D eigenvalue weighted by Gasteiger charge is 2.12. The van der Waals surface area contributed by atoms with Crippen molar-refractivity contribution in [1.29, 1.82) is 0 Å². The average molecular weight is 285 g/mol. The van der Waals surface area contributed by atoms with Crippen LogP contribution in [0, 0.1) is 0 Å². The molecule has 1 aliphatic heterocycles. The molecule has 1 aliphatic rings. The summed E-state index contributed by atoms with van der Waals surface area (Å²) in [4.78, 5) is 2.32. The van der Waals surface area contributed by atoms with Crippen molar-refractivity contribution < 1.29 is 0 Å². The zero-order valence-corrected chi connectivity index (χ0v) is 12.3. The molecule has 0 N–H and O–H groups in total. The molecule has 2 aromatic rings. The number of benzene rings is 1. The Hall–Kier alpha value is -2.28. The lowest BCUT2D eigenvalue weighted by Crippen LogP contribution is -2.42. The highest BCUT2D eigenvalue weighted by Crippen LogP contribution is 2.11. The van der Waals surface area contributed by atoms with Gasteiger partial charge in [0.25, 0.3) is 0 Å². The normalized spacial score (nSPS) is 17.2. The molecule has 1 saturated heterocycles. The van der Waals surface area contributed by atoms with Crippen LogP contribution in [0.5, 0.6) is 0 Å². The number of rotatable bonds is 3. The van der Waals surface area contributed by atoms with Crippen molar-refractivity contribution in [3.63, 3.8) is 0 Å². The Labute approximate surface area is 123 Å². The lowest BCUT2D eigenvalue weighted by atomic mass is 10.1. The molecule has 0 amide bonds. The number of nitrogens with zero attached hydrogens (tertiary/aromatic N) is 7. The summed E-state index contributed by atoms with van der Waals surface area (Å²) < 4.78 is 1.65. The molecule has 0 bridgehead atoms. The monoisotopic (exact) mass is 285 g/mol. The van der Waals surface area contributed by atoms with Gasteiger partial charge in [-0.15, -0.1) is 5.10 Å². The Balaban J connectivity index is 1.78. The molecule has 2 heterocycles. The van der Waals surface area contributed by atoms with E-state index in [4.69, 9.17) is 5.10 Å². The zero-order chi connectivity index (χ0) is 14.7. The van der Waals surface area contributed by atoms with Crippen molar-refractivity contribution in [2.24, 2.45) is 5.10 Å². The molecule has 1 aromatic heterocycles. The van der Waals surface area contributed by atoms with Gasteiger partial charge >= 0.3 is 0 Å². The summed E-state index contributed by atoms with van der Waals surface area (Å²) in [5.74, 6) is 0. The van der Waals surface area contributed by atoms with Gasteiger partial charge in [-0.25, -0.2) is 4.68 Å². The third-order valence-electron chi connectivity index (χ3n) is 3.65. The summed E-state index contributed by atoms with van der Waals surface area (Å²) in [6.45, 7) is 6.10. The Morgan fingerprint density at radius 1 is 1.19 bits per heavy atom. The first-order valence-corrected chi connectivity index (χ1v) is 7.05. The summed E-state index contributed by atoms with van der Waals surface area (Å²) in [6, 6.07) is 8.08. The zero-order valence-electron chi connectivity index (χ0n) is 12.3. The molecule has 3 rings (SSSR count). The van der Waals surface area contributed by atoms with E-state index >= 15 is 0 Å². The first-order valence-electron chi connectivity index (χ1n) is 7.05. The molecular formula is C14H19N7. The summed E-state index contributed by atoms with van der Waals surface area (Å²) in [7, 11) is 2.14. The fourth-order valence-corrected chi connectivity index (χ4v) is 2.32. The van der Waals surface area contributed by atoms with Gasteiger partial charge in [0.2, 0.25) is 0 Å². The van der Waals surface area contributed by atoms with Crippen molar-refractivity contribution in [3.05, 3.63) is 36.2 Å². The van der Waals surface area contributed by atoms with E-state index in [1.807, 2.05) is 25.1 Å². The minimum Gasteiger partial charge on any atom is -0.303 e. The molecule has 0 atom stereocenters. The van der Waals surface area contributed by atoms with Crippen molar-refractivity contribution in [2.75, 3.05) is 33.2 Å². The van der Waals surface area contributed by atoms with Crippen LogP contribution in [-0.4, -0.2) is 69.1 Å². The molecule has 0 spiro atoms. The number of hydrazone groups is 1. The van der Waals surface area contributed by atoms with Crippen LogP contribution in [0.4, 0.5) is 0 Å². The SMILES string of the molecule is C/C(=N\N1CCN(C)CC1)c1cccc(-n2cnnn2)c1. The number of hydrogen-bond acceptors (Lipinski definition) is 6. The van der Waals surface area contributed by atoms with Crippen molar-refractivity contribution >= 4 is 5.71 Å². The van der Waals surface area contributed by atoms with E-state index < -0.39 is 0 Å². The van der Waals surface area contributed by atoms with Gasteiger partial charge in [-0.05, 0) is 42.1 Å². The maximum Gasteiger partial charge on any atom is 0.143 e. The van der Waals surface area contributed by atoms with Gasteiger partial charge in [0.05, 0.1) is 11.4 Å². The number of piperazine rings is 1. The van der Waals surface area contributed by atoms with Gasteiger partial charge in [-0.3, -0.25) is 5.01 Å². The van der Waals surface area contributed by atoms with Crippen molar-refractivity contribution in [1.82, 2.24) is 30.1 Å². The average Bonchev–Trinajstić information content (AvgIpc) is 3.04. The number of likely N-dealkylation sites (N-methyl/N-ethyl adjacent to an activating group) is 1. The van der Waals surface area contributed by atoms with Gasteiger partial charge in [0, 0.05) is 26.2 Å². The highest BCUT2D eigenvalue weighted by molar-refractivity contribution is 5.98. The van der Waals surface area contributed by atoms with Crippen LogP contribution in [0.25, 0.3) is 5.69 Å². The lowest BCUT2D eigenvalue weighted by molar-refractivity contribution is 0.159. The van der Waals surface area contributed by atoms with Gasteiger partial charge in [-0.2, -0.15) is 5.10 Å². The third kappa shape index (κ3) is 3.25. The highest BCUT2D eigenvalue weighted by atomic mass is 15.5. The fraction of sp³-hybridized carbons (Fsp3) is 0.429. The van der Waals surface area contributed by atoms with Gasteiger partial charge < -0.3 is 4.90 Å². The quantitative estimate of drug-likeness (QED) is 0.774. The minimum atomic E-state index is 0.936. The maximum absolute atomic E-state index is 4.73. The molecule has 1 aromatic carbocycles. The Morgan fingerprint density at radius 2 is 2.00 bits per heavy atom. The minimum absolute atomic E-state index is 0.936. The maximum atomic E-state index is 4.73. The molecule has 0 saturated carbocycles. The lowest BCUT2D eigenvalue weighted by Gasteiger charge is -2.30. The van der Waals surface area contributed by atoms with Crippen LogP contribution < -0.4 is 0 Å². The van der Waals surface area contributed by atoms with Crippen LogP contribution in [0.2, 0.25) is 0 Å². The Bertz CT molecular complexity index is 612. The Morgan fingerprint density at radius 3 is 2.71 bits per heavy atom. The smallest absolute Gasteiger partial charge is 0.143 e. The van der Waals surface area contributed by atoms with Gasteiger partial charge in [0.15, 0.2) is 0 Å². The van der Waals surface area contributed by atoms with E-state index in [0.29, 0.717) is 0 Å². The first-order chi connectivity index (χ1) is 10.2. The molecule has 7 nitrogen and oxygen atoms in total. The van der Waals surface area contributed by atoms with Crippen molar-refractivity contribution in [2.45, 2.75) is 6.92 Å². The van der Waals surface area contributed by atoms with Crippen LogP contribution in [0.1, 0.15) is 12.5 Å². The Kier molecular flexibility index (Phi) is 3.92. The van der Waals surface area contributed by atoms with Crippen LogP contribution in [-0.2, 0) is 0 Å². The van der Waals surface area contributed by atoms with E-state index in [1.165, 1.54) is 0 Å². The molecule has 1 fully saturated rings. The predicted octanol–water partition coefficient (Wildman–Crippen LogP) is 0.634. The van der Waals surface area contributed by atoms with Crippen LogP contribution in [0.3, 0.4) is 0 Å². The largest absolute Gasteiger partial charge is 0.303 e. The second-order valence-corrected chi connectivity index (χ2v) is 5.25. The number of tetrazole rings is 1. The van der Waals surface area contributed by atoms with E-state index in [-0.39, 0.29) is 0 Å². The van der Waals surface area contributed by atoms with Crippen molar-refractivity contribution in [3.8, 4) is 5.69 Å². The van der Waals surface area contributed by atoms with E-state index in [9.17, 15) is 0 Å². The third-order valence-corrected chi connectivity index (χ3v) is 3.65. The van der Waals surface area contributed by atoms with E-state index in [0.717, 1.165) is 43.1 Å². The fourth-order valence-electron chi connectivity index (χ4n) is 2.32.